The van der Waals surface area contributed by atoms with Crippen LogP contribution in [-0.2, 0) is 4.79 Å². The van der Waals surface area contributed by atoms with Crippen LogP contribution in [0, 0.1) is 11.8 Å². The summed E-state index contributed by atoms with van der Waals surface area (Å²) in [5.41, 5.74) is 0.733. The van der Waals surface area contributed by atoms with Gasteiger partial charge in [-0.25, -0.2) is 0 Å². The van der Waals surface area contributed by atoms with Crippen molar-refractivity contribution in [2.24, 2.45) is 0 Å². The summed E-state index contributed by atoms with van der Waals surface area (Å²) < 4.78 is 4.93. The lowest BCUT2D eigenvalue weighted by Gasteiger charge is -2.02. The fourth-order valence-corrected chi connectivity index (χ4v) is 1.67. The Bertz CT molecular complexity index is 457. The van der Waals surface area contributed by atoms with Crippen molar-refractivity contribution in [3.8, 4) is 23.3 Å². The standard InChI is InChI=1S/C13H14O3S/c1-10(14)17-8-4-3-5-11-6-7-13(16-2)12(15)9-11/h6-7,9,15H,4,8H2,1-2H3. The molecule has 0 saturated carbocycles. The zero-order chi connectivity index (χ0) is 12.7. The second-order valence-electron chi connectivity index (χ2n) is 3.28. The Hall–Kier alpha value is -1.60. The van der Waals surface area contributed by atoms with Crippen molar-refractivity contribution >= 4 is 16.9 Å². The molecular formula is C13H14O3S. The van der Waals surface area contributed by atoms with Crippen molar-refractivity contribution in [2.45, 2.75) is 13.3 Å². The van der Waals surface area contributed by atoms with Crippen LogP contribution in [0.1, 0.15) is 18.9 Å². The molecule has 0 amide bonds. The van der Waals surface area contributed by atoms with E-state index in [0.717, 1.165) is 5.56 Å². The molecule has 1 aromatic carbocycles. The fourth-order valence-electron chi connectivity index (χ4n) is 1.18. The van der Waals surface area contributed by atoms with Crippen molar-refractivity contribution in [1.29, 1.82) is 0 Å². The number of rotatable bonds is 3. The Labute approximate surface area is 105 Å². The topological polar surface area (TPSA) is 46.5 Å². The van der Waals surface area contributed by atoms with Gasteiger partial charge in [-0.15, -0.1) is 0 Å². The number of aromatic hydroxyl groups is 1. The van der Waals surface area contributed by atoms with Gasteiger partial charge in [0, 0.05) is 24.7 Å². The van der Waals surface area contributed by atoms with Gasteiger partial charge in [0.15, 0.2) is 16.6 Å². The number of carbonyl (C=O) groups excluding carboxylic acids is 1. The average Bonchev–Trinajstić information content (AvgIpc) is 2.28. The van der Waals surface area contributed by atoms with E-state index in [1.807, 2.05) is 0 Å². The van der Waals surface area contributed by atoms with Gasteiger partial charge < -0.3 is 9.84 Å². The minimum Gasteiger partial charge on any atom is -0.504 e. The third kappa shape index (κ3) is 4.83. The number of hydrogen-bond acceptors (Lipinski definition) is 4. The Morgan fingerprint density at radius 2 is 2.29 bits per heavy atom. The Kier molecular flexibility index (Phi) is 5.44. The highest BCUT2D eigenvalue weighted by Crippen LogP contribution is 2.25. The van der Waals surface area contributed by atoms with Gasteiger partial charge in [-0.1, -0.05) is 23.6 Å². The van der Waals surface area contributed by atoms with Gasteiger partial charge in [0.05, 0.1) is 7.11 Å². The molecule has 0 heterocycles. The zero-order valence-electron chi connectivity index (χ0n) is 9.82. The van der Waals surface area contributed by atoms with Crippen LogP contribution in [0.3, 0.4) is 0 Å². The molecule has 17 heavy (non-hydrogen) atoms. The van der Waals surface area contributed by atoms with Crippen LogP contribution in [0.2, 0.25) is 0 Å². The predicted molar refractivity (Wildman–Crippen MR) is 69.3 cm³/mol. The van der Waals surface area contributed by atoms with E-state index in [9.17, 15) is 9.90 Å². The van der Waals surface area contributed by atoms with Crippen LogP contribution in [0.15, 0.2) is 18.2 Å². The van der Waals surface area contributed by atoms with E-state index < -0.39 is 0 Å². The predicted octanol–water partition coefficient (Wildman–Crippen LogP) is 2.42. The van der Waals surface area contributed by atoms with E-state index in [2.05, 4.69) is 11.8 Å². The van der Waals surface area contributed by atoms with E-state index in [4.69, 9.17) is 4.74 Å². The molecule has 90 valence electrons. The first kappa shape index (κ1) is 13.5. The second-order valence-corrected chi connectivity index (χ2v) is 4.55. The summed E-state index contributed by atoms with van der Waals surface area (Å²) in [7, 11) is 1.50. The highest BCUT2D eigenvalue weighted by Gasteiger charge is 1.99. The van der Waals surface area contributed by atoms with Crippen LogP contribution in [0.5, 0.6) is 11.5 Å². The molecule has 1 aromatic rings. The quantitative estimate of drug-likeness (QED) is 0.661. The van der Waals surface area contributed by atoms with Crippen LogP contribution in [0.4, 0.5) is 0 Å². The number of hydrogen-bond donors (Lipinski definition) is 1. The molecule has 0 aliphatic heterocycles. The van der Waals surface area contributed by atoms with E-state index in [-0.39, 0.29) is 10.9 Å². The van der Waals surface area contributed by atoms with Gasteiger partial charge in [0.2, 0.25) is 0 Å². The van der Waals surface area contributed by atoms with Crippen molar-refractivity contribution in [3.05, 3.63) is 23.8 Å². The molecule has 3 nitrogen and oxygen atoms in total. The number of carbonyl (C=O) groups is 1. The molecule has 1 rings (SSSR count). The summed E-state index contributed by atoms with van der Waals surface area (Å²) in [6, 6.07) is 5.01. The molecule has 1 N–H and O–H groups in total. The number of thioether (sulfide) groups is 1. The summed E-state index contributed by atoms with van der Waals surface area (Å²) in [5.74, 6) is 7.08. The first-order valence-electron chi connectivity index (χ1n) is 5.12. The molecule has 0 aliphatic carbocycles. The van der Waals surface area contributed by atoms with Gasteiger partial charge in [0.1, 0.15) is 0 Å². The first-order chi connectivity index (χ1) is 8.13. The maximum Gasteiger partial charge on any atom is 0.185 e. The third-order valence-electron chi connectivity index (χ3n) is 1.94. The largest absolute Gasteiger partial charge is 0.504 e. The van der Waals surface area contributed by atoms with Crippen LogP contribution < -0.4 is 4.74 Å². The SMILES string of the molecule is COc1ccc(C#CCCSC(C)=O)cc1O. The highest BCUT2D eigenvalue weighted by atomic mass is 32.2. The summed E-state index contributed by atoms with van der Waals surface area (Å²) in [6.07, 6.45) is 0.650. The van der Waals surface area contributed by atoms with Gasteiger partial charge in [-0.05, 0) is 18.2 Å². The minimum absolute atomic E-state index is 0.0809. The normalized spacial score (nSPS) is 9.29. The number of phenolic OH excluding ortho intramolecular Hbond substituents is 1. The smallest absolute Gasteiger partial charge is 0.185 e. The number of ether oxygens (including phenoxy) is 1. The van der Waals surface area contributed by atoms with Crippen LogP contribution in [-0.4, -0.2) is 23.1 Å². The first-order valence-corrected chi connectivity index (χ1v) is 6.11. The summed E-state index contributed by atoms with van der Waals surface area (Å²) >= 11 is 1.26. The molecule has 0 fully saturated rings. The number of methoxy groups -OCH3 is 1. The third-order valence-corrected chi connectivity index (χ3v) is 2.76. The molecule has 0 bridgehead atoms. The lowest BCUT2D eigenvalue weighted by atomic mass is 10.2. The Morgan fingerprint density at radius 1 is 1.53 bits per heavy atom. The van der Waals surface area contributed by atoms with Gasteiger partial charge in [0.25, 0.3) is 0 Å². The maximum atomic E-state index is 10.7. The average molecular weight is 250 g/mol. The summed E-state index contributed by atoms with van der Waals surface area (Å²) in [6.45, 7) is 1.54. The van der Waals surface area contributed by atoms with Crippen molar-refractivity contribution < 1.29 is 14.6 Å². The number of phenols is 1. The molecule has 0 radical (unpaired) electrons. The molecule has 0 saturated heterocycles. The second kappa shape index (κ2) is 6.87. The summed E-state index contributed by atoms with van der Waals surface area (Å²) in [5, 5.41) is 9.63. The van der Waals surface area contributed by atoms with E-state index in [0.29, 0.717) is 17.9 Å². The van der Waals surface area contributed by atoms with Crippen LogP contribution in [0.25, 0.3) is 0 Å². The lowest BCUT2D eigenvalue weighted by molar-refractivity contribution is -0.109. The molecule has 0 unspecified atom stereocenters. The monoisotopic (exact) mass is 250 g/mol. The van der Waals surface area contributed by atoms with Gasteiger partial charge in [-0.3, -0.25) is 4.79 Å². The van der Waals surface area contributed by atoms with Crippen molar-refractivity contribution in [1.82, 2.24) is 0 Å². The zero-order valence-corrected chi connectivity index (χ0v) is 10.6. The molecule has 0 aromatic heterocycles. The molecular weight excluding hydrogens is 236 g/mol. The Morgan fingerprint density at radius 3 is 2.88 bits per heavy atom. The molecule has 0 spiro atoms. The van der Waals surface area contributed by atoms with Gasteiger partial charge >= 0.3 is 0 Å². The van der Waals surface area contributed by atoms with Crippen molar-refractivity contribution in [2.75, 3.05) is 12.9 Å². The maximum absolute atomic E-state index is 10.7. The van der Waals surface area contributed by atoms with Crippen molar-refractivity contribution in [3.63, 3.8) is 0 Å². The molecule has 0 atom stereocenters. The number of benzene rings is 1. The minimum atomic E-state index is 0.0809. The van der Waals surface area contributed by atoms with E-state index >= 15 is 0 Å². The van der Waals surface area contributed by atoms with E-state index in [1.54, 1.807) is 25.1 Å². The fraction of sp³-hybridized carbons (Fsp3) is 0.308. The molecule has 0 aliphatic rings. The van der Waals surface area contributed by atoms with Gasteiger partial charge in [-0.2, -0.15) is 0 Å². The van der Waals surface area contributed by atoms with E-state index in [1.165, 1.54) is 18.9 Å². The lowest BCUT2D eigenvalue weighted by Crippen LogP contribution is -1.85. The summed E-state index contributed by atoms with van der Waals surface area (Å²) in [4.78, 5) is 10.7. The highest BCUT2D eigenvalue weighted by molar-refractivity contribution is 8.13. The van der Waals surface area contributed by atoms with Crippen LogP contribution >= 0.6 is 11.8 Å². The Balaban J connectivity index is 2.54. The molecule has 4 heteroatoms.